The molecule has 2 aromatic rings. The molecule has 5 heteroatoms. The lowest BCUT2D eigenvalue weighted by molar-refractivity contribution is 0.654. The Balaban J connectivity index is 1.98. The van der Waals surface area contributed by atoms with Crippen molar-refractivity contribution in [2.75, 3.05) is 0 Å². The summed E-state index contributed by atoms with van der Waals surface area (Å²) in [4.78, 5) is 13.7. The van der Waals surface area contributed by atoms with E-state index in [0.717, 1.165) is 35.1 Å². The van der Waals surface area contributed by atoms with E-state index in [1.807, 2.05) is 19.4 Å². The molecule has 112 valence electrons. The van der Waals surface area contributed by atoms with E-state index in [1.165, 1.54) is 12.8 Å². The fraction of sp³-hybridized carbons (Fsp3) is 0.562. The minimum absolute atomic E-state index is 0.337. The minimum Gasteiger partial charge on any atom is -0.308 e. The first-order chi connectivity index (χ1) is 10.1. The molecule has 0 atom stereocenters. The van der Waals surface area contributed by atoms with Gasteiger partial charge in [-0.15, -0.1) is 0 Å². The molecule has 0 aliphatic heterocycles. The third kappa shape index (κ3) is 2.97. The van der Waals surface area contributed by atoms with Crippen LogP contribution in [0.2, 0.25) is 0 Å². The molecule has 5 nitrogen and oxygen atoms in total. The van der Waals surface area contributed by atoms with Gasteiger partial charge in [-0.05, 0) is 26.7 Å². The molecule has 0 unspecified atom stereocenters. The maximum Gasteiger partial charge on any atom is 0.131 e. The summed E-state index contributed by atoms with van der Waals surface area (Å²) in [5.41, 5.74) is 4.28. The van der Waals surface area contributed by atoms with E-state index >= 15 is 0 Å². The molecule has 1 aliphatic rings. The Bertz CT molecular complexity index is 640. The number of hydrogen-bond acceptors (Lipinski definition) is 4. The average Bonchev–Trinajstić information content (AvgIpc) is 3.24. The molecule has 1 fully saturated rings. The lowest BCUT2D eigenvalue weighted by Gasteiger charge is -2.14. The van der Waals surface area contributed by atoms with Crippen molar-refractivity contribution in [1.29, 1.82) is 0 Å². The van der Waals surface area contributed by atoms with Crippen LogP contribution in [-0.2, 0) is 6.54 Å². The lowest BCUT2D eigenvalue weighted by Crippen LogP contribution is -2.19. The molecule has 0 spiro atoms. The predicted molar refractivity (Wildman–Crippen MR) is 82.6 cm³/mol. The number of rotatable bonds is 5. The van der Waals surface area contributed by atoms with Crippen molar-refractivity contribution in [3.8, 4) is 5.69 Å². The second-order valence-corrected chi connectivity index (χ2v) is 6.16. The van der Waals surface area contributed by atoms with Crippen molar-refractivity contribution in [3.05, 3.63) is 35.4 Å². The molecular formula is C16H23N5. The summed E-state index contributed by atoms with van der Waals surface area (Å²) < 4.78 is 2.09. The highest BCUT2D eigenvalue weighted by molar-refractivity contribution is 5.37. The first-order valence-electron chi connectivity index (χ1n) is 7.66. The predicted octanol–water partition coefficient (Wildman–Crippen LogP) is 2.65. The number of nitrogens with zero attached hydrogens (tertiary/aromatic N) is 4. The van der Waals surface area contributed by atoms with Gasteiger partial charge in [0, 0.05) is 24.2 Å². The van der Waals surface area contributed by atoms with Gasteiger partial charge < -0.3 is 5.32 Å². The molecule has 0 saturated heterocycles. The SMILES string of the molecule is Cc1ncn(-c2cnc(C(C)C)nc2CNC2CC2)c1C. The maximum atomic E-state index is 4.78. The first kappa shape index (κ1) is 14.2. The lowest BCUT2D eigenvalue weighted by atomic mass is 10.2. The minimum atomic E-state index is 0.337. The van der Waals surface area contributed by atoms with E-state index in [-0.39, 0.29) is 0 Å². The summed E-state index contributed by atoms with van der Waals surface area (Å²) in [6.07, 6.45) is 6.35. The third-order valence-electron chi connectivity index (χ3n) is 4.03. The molecular weight excluding hydrogens is 262 g/mol. The molecule has 1 saturated carbocycles. The van der Waals surface area contributed by atoms with E-state index < -0.39 is 0 Å². The highest BCUT2D eigenvalue weighted by atomic mass is 15.1. The van der Waals surface area contributed by atoms with Gasteiger partial charge in [0.05, 0.1) is 29.6 Å². The van der Waals surface area contributed by atoms with Crippen LogP contribution >= 0.6 is 0 Å². The van der Waals surface area contributed by atoms with Gasteiger partial charge in [0.2, 0.25) is 0 Å². The Morgan fingerprint density at radius 3 is 2.62 bits per heavy atom. The van der Waals surface area contributed by atoms with Crippen LogP contribution in [0.25, 0.3) is 5.69 Å². The Morgan fingerprint density at radius 2 is 2.05 bits per heavy atom. The van der Waals surface area contributed by atoms with Gasteiger partial charge in [-0.25, -0.2) is 15.0 Å². The van der Waals surface area contributed by atoms with Gasteiger partial charge in [-0.2, -0.15) is 0 Å². The molecule has 2 aromatic heterocycles. The number of nitrogens with one attached hydrogen (secondary N) is 1. The summed E-state index contributed by atoms with van der Waals surface area (Å²) in [6.45, 7) is 9.15. The van der Waals surface area contributed by atoms with Gasteiger partial charge in [0.1, 0.15) is 5.82 Å². The zero-order valence-electron chi connectivity index (χ0n) is 13.2. The van der Waals surface area contributed by atoms with Crippen LogP contribution in [0.5, 0.6) is 0 Å². The van der Waals surface area contributed by atoms with Gasteiger partial charge in [-0.3, -0.25) is 4.57 Å². The standard InChI is InChI=1S/C16H23N5/c1-10(2)16-18-8-15(21-9-19-11(3)12(21)4)14(20-16)7-17-13-5-6-13/h8-10,13,17H,5-7H2,1-4H3. The monoisotopic (exact) mass is 285 g/mol. The molecule has 0 radical (unpaired) electrons. The largest absolute Gasteiger partial charge is 0.308 e. The van der Waals surface area contributed by atoms with Crippen molar-refractivity contribution in [1.82, 2.24) is 24.8 Å². The van der Waals surface area contributed by atoms with Crippen molar-refractivity contribution >= 4 is 0 Å². The van der Waals surface area contributed by atoms with Crippen LogP contribution in [0.15, 0.2) is 12.5 Å². The fourth-order valence-electron chi connectivity index (χ4n) is 2.31. The van der Waals surface area contributed by atoms with Gasteiger partial charge in [0.25, 0.3) is 0 Å². The summed E-state index contributed by atoms with van der Waals surface area (Å²) in [7, 11) is 0. The van der Waals surface area contributed by atoms with Gasteiger partial charge in [0.15, 0.2) is 0 Å². The van der Waals surface area contributed by atoms with E-state index in [4.69, 9.17) is 4.98 Å². The van der Waals surface area contributed by atoms with Crippen LogP contribution in [0.4, 0.5) is 0 Å². The fourth-order valence-corrected chi connectivity index (χ4v) is 2.31. The molecule has 1 N–H and O–H groups in total. The number of hydrogen-bond donors (Lipinski definition) is 1. The van der Waals surface area contributed by atoms with E-state index in [0.29, 0.717) is 12.0 Å². The number of aromatic nitrogens is 4. The quantitative estimate of drug-likeness (QED) is 0.917. The van der Waals surface area contributed by atoms with Crippen LogP contribution in [0, 0.1) is 13.8 Å². The molecule has 1 aliphatic carbocycles. The van der Waals surface area contributed by atoms with Crippen molar-refractivity contribution in [3.63, 3.8) is 0 Å². The van der Waals surface area contributed by atoms with Crippen molar-refractivity contribution in [2.24, 2.45) is 0 Å². The Hall–Kier alpha value is -1.75. The Labute approximate surface area is 125 Å². The molecule has 21 heavy (non-hydrogen) atoms. The first-order valence-corrected chi connectivity index (χ1v) is 7.66. The second kappa shape index (κ2) is 5.56. The Morgan fingerprint density at radius 1 is 1.29 bits per heavy atom. The van der Waals surface area contributed by atoms with Gasteiger partial charge in [-0.1, -0.05) is 13.8 Å². The van der Waals surface area contributed by atoms with E-state index in [1.54, 1.807) is 0 Å². The van der Waals surface area contributed by atoms with Crippen LogP contribution < -0.4 is 5.32 Å². The van der Waals surface area contributed by atoms with Crippen LogP contribution in [0.1, 0.15) is 55.5 Å². The molecule has 0 aromatic carbocycles. The van der Waals surface area contributed by atoms with E-state index in [2.05, 4.69) is 40.6 Å². The van der Waals surface area contributed by atoms with E-state index in [9.17, 15) is 0 Å². The number of imidazole rings is 1. The van der Waals surface area contributed by atoms with Crippen molar-refractivity contribution in [2.45, 2.75) is 59.0 Å². The molecule has 3 rings (SSSR count). The molecule has 0 amide bonds. The van der Waals surface area contributed by atoms with Crippen LogP contribution in [0.3, 0.4) is 0 Å². The summed E-state index contributed by atoms with van der Waals surface area (Å²) in [6, 6.07) is 0.668. The third-order valence-corrected chi connectivity index (χ3v) is 4.03. The molecule has 2 heterocycles. The highest BCUT2D eigenvalue weighted by Crippen LogP contribution is 2.22. The topological polar surface area (TPSA) is 55.6 Å². The average molecular weight is 285 g/mol. The summed E-state index contributed by atoms with van der Waals surface area (Å²) in [5, 5.41) is 3.55. The summed E-state index contributed by atoms with van der Waals surface area (Å²) in [5.74, 6) is 1.24. The van der Waals surface area contributed by atoms with Crippen molar-refractivity contribution < 1.29 is 0 Å². The smallest absolute Gasteiger partial charge is 0.131 e. The second-order valence-electron chi connectivity index (χ2n) is 6.16. The van der Waals surface area contributed by atoms with Gasteiger partial charge >= 0.3 is 0 Å². The highest BCUT2D eigenvalue weighted by Gasteiger charge is 2.22. The zero-order valence-corrected chi connectivity index (χ0v) is 13.2. The zero-order chi connectivity index (χ0) is 15.0. The normalized spacial score (nSPS) is 14.9. The van der Waals surface area contributed by atoms with Crippen LogP contribution in [-0.4, -0.2) is 25.6 Å². The Kier molecular flexibility index (Phi) is 3.76. The summed E-state index contributed by atoms with van der Waals surface area (Å²) >= 11 is 0. The molecule has 0 bridgehead atoms. The maximum absolute atomic E-state index is 4.78. The number of aryl methyl sites for hydroxylation is 1.